The molecule has 0 spiro atoms. The summed E-state index contributed by atoms with van der Waals surface area (Å²) in [4.78, 5) is 27.1. The number of benzene rings is 3. The van der Waals surface area contributed by atoms with Crippen LogP contribution in [0.3, 0.4) is 0 Å². The molecule has 38 heavy (non-hydrogen) atoms. The first-order valence-electron chi connectivity index (χ1n) is 12.1. The highest BCUT2D eigenvalue weighted by Crippen LogP contribution is 2.29. The molecule has 0 saturated carbocycles. The molecule has 0 saturated heterocycles. The Morgan fingerprint density at radius 2 is 1.63 bits per heavy atom. The molecule has 0 bridgehead atoms. The molecule has 2 N–H and O–H groups in total. The van der Waals surface area contributed by atoms with E-state index in [9.17, 15) is 14.7 Å². The maximum atomic E-state index is 12.9. The number of nitrogens with zero attached hydrogens (tertiary/aromatic N) is 1. The van der Waals surface area contributed by atoms with Gasteiger partial charge in [-0.1, -0.05) is 47.6 Å². The number of carboxylic acids is 1. The standard InChI is InChI=1S/C29H32ClNO6S/c1-29(2,3)37-28(35)31(18-26(32)21-5-4-6-22(30)17-21)16-15-20-7-11-24(12-8-20)38-25-13-9-23(10-14-25)36-19-27(33)34/h4-14,17,26,32H,15-16,18-19H2,1-3H3,(H,33,34)/t26-/m0/s1. The first-order valence-corrected chi connectivity index (χ1v) is 13.3. The number of carbonyl (C=O) groups is 2. The molecule has 0 aromatic heterocycles. The first-order chi connectivity index (χ1) is 18.0. The van der Waals surface area contributed by atoms with Crippen LogP contribution in [0.15, 0.2) is 82.6 Å². The van der Waals surface area contributed by atoms with Crippen LogP contribution in [0.4, 0.5) is 4.79 Å². The van der Waals surface area contributed by atoms with Crippen molar-refractivity contribution < 1.29 is 29.3 Å². The Labute approximate surface area is 232 Å². The largest absolute Gasteiger partial charge is 0.482 e. The summed E-state index contributed by atoms with van der Waals surface area (Å²) in [5.74, 6) is -0.517. The number of carboxylic acid groups (broad SMARTS) is 1. The molecule has 3 aromatic rings. The topological polar surface area (TPSA) is 96.3 Å². The summed E-state index contributed by atoms with van der Waals surface area (Å²) in [6.07, 6.45) is -0.801. The second kappa shape index (κ2) is 13.6. The Morgan fingerprint density at radius 3 is 2.21 bits per heavy atom. The number of aliphatic hydroxyl groups is 1. The minimum absolute atomic E-state index is 0.0787. The van der Waals surface area contributed by atoms with Crippen LogP contribution < -0.4 is 4.74 Å². The zero-order valence-electron chi connectivity index (χ0n) is 21.6. The van der Waals surface area contributed by atoms with Gasteiger partial charge in [-0.25, -0.2) is 9.59 Å². The van der Waals surface area contributed by atoms with Crippen LogP contribution in [-0.2, 0) is 16.0 Å². The lowest BCUT2D eigenvalue weighted by molar-refractivity contribution is -0.139. The number of rotatable bonds is 11. The first kappa shape index (κ1) is 29.4. The van der Waals surface area contributed by atoms with Crippen molar-refractivity contribution in [3.8, 4) is 5.75 Å². The average Bonchev–Trinajstić information content (AvgIpc) is 2.85. The fourth-order valence-corrected chi connectivity index (χ4v) is 4.50. The zero-order chi connectivity index (χ0) is 27.7. The molecule has 9 heteroatoms. The molecule has 0 fully saturated rings. The lowest BCUT2D eigenvalue weighted by Crippen LogP contribution is -2.40. The van der Waals surface area contributed by atoms with Crippen LogP contribution in [0, 0.1) is 0 Å². The Hall–Kier alpha value is -3.20. The number of amides is 1. The molecule has 0 aliphatic carbocycles. The van der Waals surface area contributed by atoms with Gasteiger partial charge in [0.1, 0.15) is 11.4 Å². The van der Waals surface area contributed by atoms with E-state index in [2.05, 4.69) is 0 Å². The summed E-state index contributed by atoms with van der Waals surface area (Å²) >= 11 is 7.64. The number of halogens is 1. The Balaban J connectivity index is 1.61. The van der Waals surface area contributed by atoms with Crippen LogP contribution >= 0.6 is 23.4 Å². The quantitative estimate of drug-likeness (QED) is 0.279. The fraction of sp³-hybridized carbons (Fsp3) is 0.310. The highest BCUT2D eigenvalue weighted by molar-refractivity contribution is 7.99. The predicted molar refractivity (Wildman–Crippen MR) is 148 cm³/mol. The van der Waals surface area contributed by atoms with Crippen molar-refractivity contribution in [1.29, 1.82) is 0 Å². The van der Waals surface area contributed by atoms with E-state index in [1.807, 2.05) is 57.2 Å². The molecular formula is C29H32ClNO6S. The highest BCUT2D eigenvalue weighted by atomic mass is 35.5. The van der Waals surface area contributed by atoms with Gasteiger partial charge in [0, 0.05) is 21.4 Å². The molecule has 0 aliphatic rings. The molecule has 1 atom stereocenters. The van der Waals surface area contributed by atoms with Crippen LogP contribution in [0.2, 0.25) is 5.02 Å². The number of aliphatic carboxylic acids is 1. The number of hydrogen-bond acceptors (Lipinski definition) is 6. The van der Waals surface area contributed by atoms with Gasteiger partial charge < -0.3 is 24.6 Å². The van der Waals surface area contributed by atoms with Gasteiger partial charge in [-0.2, -0.15) is 0 Å². The number of aliphatic hydroxyl groups excluding tert-OH is 1. The second-order valence-corrected chi connectivity index (χ2v) is 11.2. The van der Waals surface area contributed by atoms with Gasteiger partial charge in [0.15, 0.2) is 6.61 Å². The van der Waals surface area contributed by atoms with Gasteiger partial charge in [-0.05, 0) is 86.8 Å². The van der Waals surface area contributed by atoms with Gasteiger partial charge in [-0.15, -0.1) is 0 Å². The lowest BCUT2D eigenvalue weighted by Gasteiger charge is -2.29. The predicted octanol–water partition coefficient (Wildman–Crippen LogP) is 6.47. The Kier molecular flexibility index (Phi) is 10.5. The summed E-state index contributed by atoms with van der Waals surface area (Å²) < 4.78 is 10.7. The molecule has 0 aliphatic heterocycles. The van der Waals surface area contributed by atoms with Gasteiger partial charge >= 0.3 is 12.1 Å². The Morgan fingerprint density at radius 1 is 1.00 bits per heavy atom. The van der Waals surface area contributed by atoms with Crippen molar-refractivity contribution in [3.63, 3.8) is 0 Å². The van der Waals surface area contributed by atoms with E-state index in [1.165, 1.54) is 4.90 Å². The minimum atomic E-state index is -1.02. The van der Waals surface area contributed by atoms with Gasteiger partial charge in [0.25, 0.3) is 0 Å². The normalized spacial score (nSPS) is 12.0. The number of hydrogen-bond donors (Lipinski definition) is 2. The van der Waals surface area contributed by atoms with Crippen LogP contribution in [0.25, 0.3) is 0 Å². The molecule has 202 valence electrons. The van der Waals surface area contributed by atoms with E-state index in [0.717, 1.165) is 15.4 Å². The molecule has 3 aromatic carbocycles. The van der Waals surface area contributed by atoms with E-state index in [-0.39, 0.29) is 13.2 Å². The van der Waals surface area contributed by atoms with Crippen LogP contribution in [0.1, 0.15) is 38.0 Å². The van der Waals surface area contributed by atoms with E-state index >= 15 is 0 Å². The zero-order valence-corrected chi connectivity index (χ0v) is 23.2. The molecule has 0 radical (unpaired) electrons. The average molecular weight is 558 g/mol. The fourth-order valence-electron chi connectivity index (χ4n) is 3.48. The van der Waals surface area contributed by atoms with Gasteiger partial charge in [0.2, 0.25) is 0 Å². The van der Waals surface area contributed by atoms with Crippen molar-refractivity contribution in [3.05, 3.63) is 88.9 Å². The monoisotopic (exact) mass is 557 g/mol. The lowest BCUT2D eigenvalue weighted by atomic mass is 10.1. The number of carbonyl (C=O) groups excluding carboxylic acids is 1. The van der Waals surface area contributed by atoms with Gasteiger partial charge in [-0.3, -0.25) is 0 Å². The van der Waals surface area contributed by atoms with E-state index in [0.29, 0.717) is 29.3 Å². The summed E-state index contributed by atoms with van der Waals surface area (Å²) in [5, 5.41) is 20.0. The Bertz CT molecular complexity index is 1210. The molecule has 0 unspecified atom stereocenters. The van der Waals surface area contributed by atoms with Crippen molar-refractivity contribution in [2.75, 3.05) is 19.7 Å². The van der Waals surface area contributed by atoms with Crippen molar-refractivity contribution in [1.82, 2.24) is 4.90 Å². The summed E-state index contributed by atoms with van der Waals surface area (Å²) in [7, 11) is 0. The van der Waals surface area contributed by atoms with Crippen molar-refractivity contribution in [2.24, 2.45) is 0 Å². The van der Waals surface area contributed by atoms with E-state index in [1.54, 1.807) is 48.2 Å². The molecule has 1 amide bonds. The third-order valence-corrected chi connectivity index (χ3v) is 6.54. The van der Waals surface area contributed by atoms with Crippen LogP contribution in [-0.4, -0.2) is 52.5 Å². The van der Waals surface area contributed by atoms with Gasteiger partial charge in [0.05, 0.1) is 12.6 Å². The minimum Gasteiger partial charge on any atom is -0.482 e. The van der Waals surface area contributed by atoms with E-state index in [4.69, 9.17) is 26.2 Å². The van der Waals surface area contributed by atoms with Crippen molar-refractivity contribution >= 4 is 35.4 Å². The maximum absolute atomic E-state index is 12.9. The third kappa shape index (κ3) is 9.93. The van der Waals surface area contributed by atoms with E-state index < -0.39 is 23.8 Å². The van der Waals surface area contributed by atoms with Crippen LogP contribution in [0.5, 0.6) is 5.75 Å². The molecule has 3 rings (SSSR count). The molecular weight excluding hydrogens is 526 g/mol. The maximum Gasteiger partial charge on any atom is 0.410 e. The third-order valence-electron chi connectivity index (χ3n) is 5.29. The number of ether oxygens (including phenoxy) is 2. The highest BCUT2D eigenvalue weighted by Gasteiger charge is 2.24. The SMILES string of the molecule is CC(C)(C)OC(=O)N(CCc1ccc(Sc2ccc(OCC(=O)O)cc2)cc1)C[C@H](O)c1cccc(Cl)c1. The molecule has 7 nitrogen and oxygen atoms in total. The van der Waals surface area contributed by atoms with Crippen molar-refractivity contribution in [2.45, 2.75) is 48.7 Å². The smallest absolute Gasteiger partial charge is 0.410 e. The summed E-state index contributed by atoms with van der Waals surface area (Å²) in [5.41, 5.74) is 1.02. The summed E-state index contributed by atoms with van der Waals surface area (Å²) in [6, 6.07) is 22.2. The summed E-state index contributed by atoms with van der Waals surface area (Å²) in [6.45, 7) is 5.50. The molecule has 0 heterocycles. The second-order valence-electron chi connectivity index (χ2n) is 9.65.